The second kappa shape index (κ2) is 6.46. The lowest BCUT2D eigenvalue weighted by molar-refractivity contribution is -0.147. The smallest absolute Gasteiger partial charge is 0.317 e. The van der Waals surface area contributed by atoms with E-state index in [4.69, 9.17) is 0 Å². The summed E-state index contributed by atoms with van der Waals surface area (Å²) in [4.78, 5) is 25.6. The molecule has 1 aromatic rings. The van der Waals surface area contributed by atoms with E-state index in [0.29, 0.717) is 18.9 Å². The number of rotatable bonds is 5. The van der Waals surface area contributed by atoms with Gasteiger partial charge in [-0.05, 0) is 51.0 Å². The highest BCUT2D eigenvalue weighted by molar-refractivity contribution is 5.79. The molecule has 3 rings (SSSR count). The predicted molar refractivity (Wildman–Crippen MR) is 91.9 cm³/mol. The molecule has 1 aliphatic carbocycles. The van der Waals surface area contributed by atoms with Gasteiger partial charge < -0.3 is 15.3 Å². The molecule has 130 valence electrons. The second-order valence-electron chi connectivity index (χ2n) is 7.62. The largest absolute Gasteiger partial charge is 0.481 e. The molecule has 2 fully saturated rings. The molecule has 0 radical (unpaired) electrons. The summed E-state index contributed by atoms with van der Waals surface area (Å²) in [6.07, 6.45) is 3.66. The zero-order valence-corrected chi connectivity index (χ0v) is 14.4. The number of carbonyl (C=O) groups excluding carboxylic acids is 1. The van der Waals surface area contributed by atoms with Gasteiger partial charge in [0.05, 0.1) is 5.41 Å². The Labute approximate surface area is 143 Å². The average Bonchev–Trinajstić information content (AvgIpc) is 3.29. The number of nitrogens with one attached hydrogen (secondary N) is 1. The van der Waals surface area contributed by atoms with Crippen LogP contribution in [0.5, 0.6) is 0 Å². The van der Waals surface area contributed by atoms with Gasteiger partial charge in [0.25, 0.3) is 0 Å². The molecule has 2 atom stereocenters. The van der Waals surface area contributed by atoms with Gasteiger partial charge in [0.2, 0.25) is 0 Å². The molecule has 1 saturated carbocycles. The highest BCUT2D eigenvalue weighted by atomic mass is 16.4. The monoisotopic (exact) mass is 330 g/mol. The molecular formula is C19H26N2O3. The Hall–Kier alpha value is -2.04. The highest BCUT2D eigenvalue weighted by Crippen LogP contribution is 2.35. The lowest BCUT2D eigenvalue weighted by Gasteiger charge is -2.25. The van der Waals surface area contributed by atoms with Gasteiger partial charge in [-0.3, -0.25) is 4.79 Å². The van der Waals surface area contributed by atoms with E-state index < -0.39 is 11.4 Å². The van der Waals surface area contributed by atoms with Gasteiger partial charge in [-0.25, -0.2) is 4.79 Å². The van der Waals surface area contributed by atoms with E-state index in [9.17, 15) is 14.7 Å². The summed E-state index contributed by atoms with van der Waals surface area (Å²) in [5.74, 6) is -0.278. The quantitative estimate of drug-likeness (QED) is 0.872. The van der Waals surface area contributed by atoms with E-state index in [0.717, 1.165) is 19.3 Å². The fourth-order valence-electron chi connectivity index (χ4n) is 3.49. The van der Waals surface area contributed by atoms with Crippen molar-refractivity contribution >= 4 is 12.0 Å². The van der Waals surface area contributed by atoms with Crippen LogP contribution in [0, 0.1) is 18.3 Å². The molecule has 1 aromatic carbocycles. The summed E-state index contributed by atoms with van der Waals surface area (Å²) in [5.41, 5.74) is 1.65. The van der Waals surface area contributed by atoms with E-state index in [2.05, 4.69) is 36.5 Å². The minimum atomic E-state index is -0.823. The number of aryl methyl sites for hydroxylation is 1. The summed E-state index contributed by atoms with van der Waals surface area (Å²) >= 11 is 0. The van der Waals surface area contributed by atoms with Crippen LogP contribution in [0.25, 0.3) is 0 Å². The normalized spacial score (nSPS) is 24.7. The lowest BCUT2D eigenvalue weighted by Crippen LogP contribution is -2.46. The Kier molecular flexibility index (Phi) is 4.52. The Bertz CT molecular complexity index is 641. The maximum absolute atomic E-state index is 12.6. The number of carboxylic acid groups (broad SMARTS) is 1. The molecule has 0 bridgehead atoms. The van der Waals surface area contributed by atoms with Crippen LogP contribution >= 0.6 is 0 Å². The van der Waals surface area contributed by atoms with Crippen LogP contribution in [0.15, 0.2) is 24.3 Å². The molecule has 5 heteroatoms. The van der Waals surface area contributed by atoms with Gasteiger partial charge in [0.1, 0.15) is 0 Å². The maximum atomic E-state index is 12.6. The Balaban J connectivity index is 1.62. The van der Waals surface area contributed by atoms with Crippen LogP contribution in [0.1, 0.15) is 37.3 Å². The first-order valence-corrected chi connectivity index (χ1v) is 8.72. The first-order chi connectivity index (χ1) is 11.4. The zero-order chi connectivity index (χ0) is 17.3. The van der Waals surface area contributed by atoms with Gasteiger partial charge in [-0.1, -0.05) is 29.8 Å². The summed E-state index contributed by atoms with van der Waals surface area (Å²) in [6.45, 7) is 4.59. The van der Waals surface area contributed by atoms with Crippen LogP contribution in [-0.4, -0.2) is 41.1 Å². The van der Waals surface area contributed by atoms with Crippen molar-refractivity contribution in [2.75, 3.05) is 13.1 Å². The topological polar surface area (TPSA) is 69.6 Å². The number of hydrogen-bond acceptors (Lipinski definition) is 2. The van der Waals surface area contributed by atoms with E-state index in [1.807, 2.05) is 0 Å². The number of benzene rings is 1. The predicted octanol–water partition coefficient (Wildman–Crippen LogP) is 2.82. The van der Waals surface area contributed by atoms with Gasteiger partial charge >= 0.3 is 12.0 Å². The summed E-state index contributed by atoms with van der Waals surface area (Å²) in [6, 6.07) is 8.41. The van der Waals surface area contributed by atoms with Crippen LogP contribution in [0.4, 0.5) is 4.79 Å². The van der Waals surface area contributed by atoms with Crippen molar-refractivity contribution in [3.05, 3.63) is 35.4 Å². The van der Waals surface area contributed by atoms with Crippen LogP contribution in [0.2, 0.25) is 0 Å². The van der Waals surface area contributed by atoms with Crippen molar-refractivity contribution < 1.29 is 14.7 Å². The Morgan fingerprint density at radius 2 is 2.17 bits per heavy atom. The van der Waals surface area contributed by atoms with Gasteiger partial charge in [0.15, 0.2) is 0 Å². The number of urea groups is 1. The SMILES string of the molecule is Cc1cccc(CC(NC(=O)N2CCC(C)(C(=O)O)C2)C2CC2)c1. The molecule has 2 unspecified atom stereocenters. The summed E-state index contributed by atoms with van der Waals surface area (Å²) < 4.78 is 0. The van der Waals surface area contributed by atoms with Crippen molar-refractivity contribution in [2.45, 2.75) is 45.6 Å². The second-order valence-corrected chi connectivity index (χ2v) is 7.62. The Morgan fingerprint density at radius 1 is 1.42 bits per heavy atom. The molecule has 1 aliphatic heterocycles. The number of carbonyl (C=O) groups is 2. The van der Waals surface area contributed by atoms with E-state index >= 15 is 0 Å². The molecule has 24 heavy (non-hydrogen) atoms. The third-order valence-electron chi connectivity index (χ3n) is 5.31. The van der Waals surface area contributed by atoms with Crippen LogP contribution in [0.3, 0.4) is 0 Å². The number of likely N-dealkylation sites (tertiary alicyclic amines) is 1. The third-order valence-corrected chi connectivity index (χ3v) is 5.31. The lowest BCUT2D eigenvalue weighted by atomic mass is 9.90. The number of nitrogens with zero attached hydrogens (tertiary/aromatic N) is 1. The molecule has 2 N–H and O–H groups in total. The van der Waals surface area contributed by atoms with Crippen molar-refractivity contribution in [2.24, 2.45) is 11.3 Å². The van der Waals surface area contributed by atoms with Gasteiger partial charge in [-0.2, -0.15) is 0 Å². The standard InChI is InChI=1S/C19H26N2O3/c1-13-4-3-5-14(10-13)11-16(15-6-7-15)20-18(24)21-9-8-19(2,12-21)17(22)23/h3-5,10,15-16H,6-9,11-12H2,1-2H3,(H,20,24)(H,22,23). The van der Waals surface area contributed by atoms with Crippen LogP contribution in [-0.2, 0) is 11.2 Å². The van der Waals surface area contributed by atoms with Crippen molar-refractivity contribution in [3.63, 3.8) is 0 Å². The maximum Gasteiger partial charge on any atom is 0.317 e. The molecule has 1 heterocycles. The third kappa shape index (κ3) is 3.71. The zero-order valence-electron chi connectivity index (χ0n) is 14.4. The molecule has 2 aliphatic rings. The van der Waals surface area contributed by atoms with Crippen LogP contribution < -0.4 is 5.32 Å². The van der Waals surface area contributed by atoms with Gasteiger partial charge in [0, 0.05) is 19.1 Å². The fourth-order valence-corrected chi connectivity index (χ4v) is 3.49. The molecule has 1 saturated heterocycles. The highest BCUT2D eigenvalue weighted by Gasteiger charge is 2.43. The molecule has 0 aromatic heterocycles. The average molecular weight is 330 g/mol. The van der Waals surface area contributed by atoms with E-state index in [-0.39, 0.29) is 18.6 Å². The van der Waals surface area contributed by atoms with Crippen molar-refractivity contribution in [1.29, 1.82) is 0 Å². The minimum absolute atomic E-state index is 0.121. The number of amides is 2. The molecule has 0 spiro atoms. The number of aliphatic carboxylic acids is 1. The van der Waals surface area contributed by atoms with Crippen molar-refractivity contribution in [1.82, 2.24) is 10.2 Å². The first-order valence-electron chi connectivity index (χ1n) is 8.72. The molecular weight excluding hydrogens is 304 g/mol. The number of carboxylic acids is 1. The molecule has 2 amide bonds. The van der Waals surface area contributed by atoms with E-state index in [1.54, 1.807) is 11.8 Å². The number of hydrogen-bond donors (Lipinski definition) is 2. The first kappa shape index (κ1) is 16.8. The van der Waals surface area contributed by atoms with Crippen molar-refractivity contribution in [3.8, 4) is 0 Å². The minimum Gasteiger partial charge on any atom is -0.481 e. The summed E-state index contributed by atoms with van der Waals surface area (Å²) in [7, 11) is 0. The summed E-state index contributed by atoms with van der Waals surface area (Å²) in [5, 5.41) is 12.5. The fraction of sp³-hybridized carbons (Fsp3) is 0.579. The van der Waals surface area contributed by atoms with Gasteiger partial charge in [-0.15, -0.1) is 0 Å². The Morgan fingerprint density at radius 3 is 2.75 bits per heavy atom. The molecule has 5 nitrogen and oxygen atoms in total. The van der Waals surface area contributed by atoms with E-state index in [1.165, 1.54) is 11.1 Å².